The van der Waals surface area contributed by atoms with Gasteiger partial charge in [0.2, 0.25) is 11.8 Å². The van der Waals surface area contributed by atoms with Gasteiger partial charge in [0.1, 0.15) is 6.04 Å². The number of carbonyl (C=O) groups is 3. The topological polar surface area (TPSA) is 66.5 Å². The van der Waals surface area contributed by atoms with E-state index in [0.717, 1.165) is 9.35 Å². The predicted octanol–water partition coefficient (Wildman–Crippen LogP) is 0.881. The Morgan fingerprint density at radius 2 is 2.18 bits per heavy atom. The van der Waals surface area contributed by atoms with Crippen molar-refractivity contribution in [3.8, 4) is 0 Å². The van der Waals surface area contributed by atoms with Crippen molar-refractivity contribution in [3.63, 3.8) is 0 Å². The van der Waals surface area contributed by atoms with E-state index in [1.165, 1.54) is 16.2 Å². The fraction of sp³-hybridized carbons (Fsp3) is 0.300. The van der Waals surface area contributed by atoms with Gasteiger partial charge < -0.3 is 4.90 Å². The van der Waals surface area contributed by atoms with Crippen LogP contribution in [0.25, 0.3) is 0 Å². The minimum absolute atomic E-state index is 0.0654. The van der Waals surface area contributed by atoms with E-state index >= 15 is 0 Å². The molecule has 1 saturated heterocycles. The summed E-state index contributed by atoms with van der Waals surface area (Å²) >= 11 is 4.84. The number of hydrogen-bond donors (Lipinski definition) is 1. The number of thiophene rings is 1. The molecular weight excluding hydrogens is 308 g/mol. The number of imide groups is 1. The van der Waals surface area contributed by atoms with Crippen molar-refractivity contribution < 1.29 is 14.4 Å². The van der Waals surface area contributed by atoms with Crippen LogP contribution < -0.4 is 5.32 Å². The van der Waals surface area contributed by atoms with Crippen LogP contribution in [0.5, 0.6) is 0 Å². The van der Waals surface area contributed by atoms with Gasteiger partial charge in [0.15, 0.2) is 0 Å². The second kappa shape index (κ2) is 3.64. The van der Waals surface area contributed by atoms with Gasteiger partial charge in [-0.25, -0.2) is 0 Å². The Bertz CT molecular complexity index is 554. The molecule has 3 rings (SSSR count). The van der Waals surface area contributed by atoms with E-state index in [1.54, 1.807) is 5.38 Å². The second-order valence-electron chi connectivity index (χ2n) is 3.97. The molecule has 1 N–H and O–H groups in total. The van der Waals surface area contributed by atoms with Gasteiger partial charge in [-0.1, -0.05) is 0 Å². The minimum atomic E-state index is -0.653. The van der Waals surface area contributed by atoms with Crippen molar-refractivity contribution in [2.24, 2.45) is 0 Å². The average Bonchev–Trinajstić information content (AvgIpc) is 2.87. The summed E-state index contributed by atoms with van der Waals surface area (Å²) in [5, 5.41) is 3.99. The summed E-state index contributed by atoms with van der Waals surface area (Å²) in [5.41, 5.74) is 1.54. The molecule has 0 saturated carbocycles. The summed E-state index contributed by atoms with van der Waals surface area (Å²) < 4.78 is 0.910. The van der Waals surface area contributed by atoms with Crippen LogP contribution in [0.2, 0.25) is 0 Å². The quantitative estimate of drug-likeness (QED) is 0.783. The third kappa shape index (κ3) is 1.53. The molecule has 1 aromatic heterocycles. The number of carbonyl (C=O) groups excluding carboxylic acids is 3. The summed E-state index contributed by atoms with van der Waals surface area (Å²) in [7, 11) is 0. The molecule has 3 heterocycles. The highest BCUT2D eigenvalue weighted by molar-refractivity contribution is 9.11. The predicted molar refractivity (Wildman–Crippen MR) is 63.4 cm³/mol. The molecule has 1 fully saturated rings. The Hall–Kier alpha value is -1.21. The molecule has 17 heavy (non-hydrogen) atoms. The molecular formula is C10H7BrN2O3S. The molecule has 88 valence electrons. The largest absolute Gasteiger partial charge is 0.322 e. The number of fused-ring (bicyclic) bond motifs is 1. The Kier molecular flexibility index (Phi) is 2.34. The first-order valence-electron chi connectivity index (χ1n) is 4.98. The third-order valence-electron chi connectivity index (χ3n) is 2.98. The third-order valence-corrected chi connectivity index (χ3v) is 4.83. The van der Waals surface area contributed by atoms with Crippen LogP contribution in [0.4, 0.5) is 0 Å². The van der Waals surface area contributed by atoms with Crippen LogP contribution in [0, 0.1) is 0 Å². The lowest BCUT2D eigenvalue weighted by Crippen LogP contribution is -2.40. The van der Waals surface area contributed by atoms with Crippen molar-refractivity contribution in [3.05, 3.63) is 20.3 Å². The van der Waals surface area contributed by atoms with E-state index in [1.807, 2.05) is 0 Å². The molecule has 2 aliphatic rings. The van der Waals surface area contributed by atoms with E-state index in [0.29, 0.717) is 12.1 Å². The van der Waals surface area contributed by atoms with E-state index in [4.69, 9.17) is 0 Å². The van der Waals surface area contributed by atoms with Gasteiger partial charge in [-0.2, -0.15) is 0 Å². The molecule has 5 nitrogen and oxygen atoms in total. The fourth-order valence-corrected chi connectivity index (χ4v) is 3.53. The van der Waals surface area contributed by atoms with E-state index in [2.05, 4.69) is 21.2 Å². The van der Waals surface area contributed by atoms with Crippen molar-refractivity contribution in [2.75, 3.05) is 0 Å². The van der Waals surface area contributed by atoms with Gasteiger partial charge in [-0.3, -0.25) is 19.7 Å². The molecule has 2 aliphatic heterocycles. The highest BCUT2D eigenvalue weighted by atomic mass is 79.9. The standard InChI is InChI=1S/C10H7BrN2O3S/c11-8-4-2-13(10(16)5(4)3-17-8)6-1-7(14)12-9(6)15/h3,6H,1-2H2,(H,12,14,15)/t6-/m0/s1. The Balaban J connectivity index is 1.92. The molecule has 0 aliphatic carbocycles. The summed E-state index contributed by atoms with van der Waals surface area (Å²) in [6.45, 7) is 0.392. The molecule has 7 heteroatoms. The van der Waals surface area contributed by atoms with Crippen LogP contribution >= 0.6 is 27.3 Å². The molecule has 0 radical (unpaired) electrons. The van der Waals surface area contributed by atoms with Crippen molar-refractivity contribution in [1.82, 2.24) is 10.2 Å². The lowest BCUT2D eigenvalue weighted by atomic mass is 10.2. The maximum atomic E-state index is 12.1. The molecule has 0 spiro atoms. The molecule has 0 aromatic carbocycles. The van der Waals surface area contributed by atoms with Crippen LogP contribution in [0.15, 0.2) is 9.17 Å². The Labute approximate surface area is 109 Å². The van der Waals surface area contributed by atoms with Crippen LogP contribution in [-0.2, 0) is 16.1 Å². The summed E-state index contributed by atoms with van der Waals surface area (Å²) in [4.78, 5) is 36.2. The average molecular weight is 315 g/mol. The normalized spacial score (nSPS) is 23.2. The first kappa shape index (κ1) is 10.9. The maximum absolute atomic E-state index is 12.1. The zero-order valence-electron chi connectivity index (χ0n) is 8.53. The molecule has 0 unspecified atom stereocenters. The summed E-state index contributed by atoms with van der Waals surface area (Å²) in [5.74, 6) is -0.869. The summed E-state index contributed by atoms with van der Waals surface area (Å²) in [6.07, 6.45) is 0.0654. The van der Waals surface area contributed by atoms with Crippen molar-refractivity contribution in [2.45, 2.75) is 19.0 Å². The van der Waals surface area contributed by atoms with Crippen LogP contribution in [0.3, 0.4) is 0 Å². The molecule has 0 bridgehead atoms. The lowest BCUT2D eigenvalue weighted by Gasteiger charge is -2.20. The van der Waals surface area contributed by atoms with Gasteiger partial charge in [-0.05, 0) is 15.9 Å². The van der Waals surface area contributed by atoms with E-state index in [-0.39, 0.29) is 24.1 Å². The van der Waals surface area contributed by atoms with E-state index in [9.17, 15) is 14.4 Å². The van der Waals surface area contributed by atoms with Gasteiger partial charge in [-0.15, -0.1) is 11.3 Å². The van der Waals surface area contributed by atoms with Crippen LogP contribution in [-0.4, -0.2) is 28.7 Å². The summed E-state index contributed by atoms with van der Waals surface area (Å²) in [6, 6.07) is -0.653. The lowest BCUT2D eigenvalue weighted by molar-refractivity contribution is -0.126. The van der Waals surface area contributed by atoms with Crippen molar-refractivity contribution in [1.29, 1.82) is 0 Å². The maximum Gasteiger partial charge on any atom is 0.256 e. The van der Waals surface area contributed by atoms with Crippen LogP contribution in [0.1, 0.15) is 22.3 Å². The number of amides is 3. The van der Waals surface area contributed by atoms with Gasteiger partial charge in [0.05, 0.1) is 15.8 Å². The number of halogens is 1. The number of hydrogen-bond acceptors (Lipinski definition) is 4. The number of rotatable bonds is 1. The zero-order chi connectivity index (χ0) is 12.2. The number of nitrogens with one attached hydrogen (secondary N) is 1. The fourth-order valence-electron chi connectivity index (χ4n) is 2.13. The molecule has 1 aromatic rings. The zero-order valence-corrected chi connectivity index (χ0v) is 10.9. The highest BCUT2D eigenvalue weighted by Gasteiger charge is 2.42. The molecule has 1 atom stereocenters. The van der Waals surface area contributed by atoms with Gasteiger partial charge in [0, 0.05) is 17.5 Å². The monoisotopic (exact) mass is 314 g/mol. The highest BCUT2D eigenvalue weighted by Crippen LogP contribution is 2.36. The first-order valence-corrected chi connectivity index (χ1v) is 6.65. The van der Waals surface area contributed by atoms with Crippen molar-refractivity contribution >= 4 is 45.0 Å². The van der Waals surface area contributed by atoms with Gasteiger partial charge in [0.25, 0.3) is 5.91 Å². The van der Waals surface area contributed by atoms with E-state index < -0.39 is 6.04 Å². The Morgan fingerprint density at radius 1 is 1.41 bits per heavy atom. The number of nitrogens with zero attached hydrogens (tertiary/aromatic N) is 1. The smallest absolute Gasteiger partial charge is 0.256 e. The SMILES string of the molecule is O=C1C[C@H](N2Cc3c(csc3Br)C2=O)C(=O)N1. The van der Waals surface area contributed by atoms with Gasteiger partial charge >= 0.3 is 0 Å². The first-order chi connectivity index (χ1) is 8.08. The molecule has 3 amide bonds. The second-order valence-corrected chi connectivity index (χ2v) is 6.16. The Morgan fingerprint density at radius 3 is 2.76 bits per heavy atom. The minimum Gasteiger partial charge on any atom is -0.322 e.